The third-order valence-electron chi connectivity index (χ3n) is 5.27. The SMILES string of the molecule is Cc1cccc(N2CCN(Cc3nc(COc4ccccc4)no3)CC2)c1C. The van der Waals surface area contributed by atoms with Crippen LogP contribution in [0.25, 0.3) is 0 Å². The molecule has 0 aliphatic carbocycles. The van der Waals surface area contributed by atoms with E-state index in [4.69, 9.17) is 9.26 Å². The minimum absolute atomic E-state index is 0.313. The van der Waals surface area contributed by atoms with Crippen LogP contribution in [0, 0.1) is 13.8 Å². The van der Waals surface area contributed by atoms with Gasteiger partial charge < -0.3 is 14.2 Å². The second-order valence-corrected chi connectivity index (χ2v) is 7.19. The highest BCUT2D eigenvalue weighted by Gasteiger charge is 2.20. The molecule has 6 heteroatoms. The lowest BCUT2D eigenvalue weighted by Gasteiger charge is -2.36. The van der Waals surface area contributed by atoms with Crippen molar-refractivity contribution >= 4 is 5.69 Å². The number of ether oxygens (including phenoxy) is 1. The molecular formula is C22H26N4O2. The Morgan fingerprint density at radius 1 is 0.964 bits per heavy atom. The number of aryl methyl sites for hydroxylation is 1. The van der Waals surface area contributed by atoms with Crippen LogP contribution in [0.4, 0.5) is 5.69 Å². The summed E-state index contributed by atoms with van der Waals surface area (Å²) in [5, 5.41) is 4.03. The van der Waals surface area contributed by atoms with Crippen LogP contribution < -0.4 is 9.64 Å². The number of para-hydroxylation sites is 1. The largest absolute Gasteiger partial charge is 0.485 e. The molecule has 1 aliphatic heterocycles. The molecular weight excluding hydrogens is 352 g/mol. The standard InChI is InChI=1S/C22H26N4O2/c1-17-7-6-10-20(18(17)2)26-13-11-25(12-14-26)15-22-23-21(24-28-22)16-27-19-8-4-3-5-9-19/h3-10H,11-16H2,1-2H3. The summed E-state index contributed by atoms with van der Waals surface area (Å²) in [7, 11) is 0. The predicted octanol–water partition coefficient (Wildman–Crippen LogP) is 3.59. The summed E-state index contributed by atoms with van der Waals surface area (Å²) < 4.78 is 11.1. The normalized spacial score (nSPS) is 15.0. The summed E-state index contributed by atoms with van der Waals surface area (Å²) in [6.45, 7) is 9.33. The highest BCUT2D eigenvalue weighted by molar-refractivity contribution is 5.56. The molecule has 2 aromatic carbocycles. The fourth-order valence-electron chi connectivity index (χ4n) is 3.49. The molecule has 0 amide bonds. The second kappa shape index (κ2) is 8.44. The lowest BCUT2D eigenvalue weighted by Crippen LogP contribution is -2.46. The average Bonchev–Trinajstić information content (AvgIpc) is 3.17. The van der Waals surface area contributed by atoms with Crippen molar-refractivity contribution in [1.29, 1.82) is 0 Å². The van der Waals surface area contributed by atoms with Crippen LogP contribution in [0.3, 0.4) is 0 Å². The van der Waals surface area contributed by atoms with Gasteiger partial charge in [-0.05, 0) is 43.2 Å². The maximum Gasteiger partial charge on any atom is 0.240 e. The van der Waals surface area contributed by atoms with Crippen LogP contribution in [0.2, 0.25) is 0 Å². The summed E-state index contributed by atoms with van der Waals surface area (Å²) in [4.78, 5) is 9.29. The fourth-order valence-corrected chi connectivity index (χ4v) is 3.49. The first-order chi connectivity index (χ1) is 13.7. The van der Waals surface area contributed by atoms with E-state index >= 15 is 0 Å². The van der Waals surface area contributed by atoms with Crippen molar-refractivity contribution in [2.75, 3.05) is 31.1 Å². The number of hydrogen-bond acceptors (Lipinski definition) is 6. The molecule has 0 saturated carbocycles. The Kier molecular flexibility index (Phi) is 5.58. The van der Waals surface area contributed by atoms with Gasteiger partial charge in [0, 0.05) is 31.9 Å². The van der Waals surface area contributed by atoms with Gasteiger partial charge in [0.15, 0.2) is 6.61 Å². The molecule has 146 valence electrons. The number of aromatic nitrogens is 2. The van der Waals surface area contributed by atoms with Crippen molar-refractivity contribution in [3.8, 4) is 5.75 Å². The molecule has 3 aromatic rings. The van der Waals surface area contributed by atoms with Gasteiger partial charge in [-0.15, -0.1) is 0 Å². The smallest absolute Gasteiger partial charge is 0.240 e. The predicted molar refractivity (Wildman–Crippen MR) is 108 cm³/mol. The van der Waals surface area contributed by atoms with E-state index in [1.807, 2.05) is 30.3 Å². The molecule has 0 bridgehead atoms. The molecule has 1 fully saturated rings. The number of hydrogen-bond donors (Lipinski definition) is 0. The Morgan fingerprint density at radius 2 is 1.75 bits per heavy atom. The minimum atomic E-state index is 0.313. The van der Waals surface area contributed by atoms with E-state index in [9.17, 15) is 0 Å². The number of benzene rings is 2. The Bertz CT molecular complexity index is 902. The van der Waals surface area contributed by atoms with Crippen molar-refractivity contribution in [2.24, 2.45) is 0 Å². The van der Waals surface area contributed by atoms with Gasteiger partial charge in [-0.2, -0.15) is 4.98 Å². The number of nitrogens with zero attached hydrogens (tertiary/aromatic N) is 4. The Morgan fingerprint density at radius 3 is 2.54 bits per heavy atom. The minimum Gasteiger partial charge on any atom is -0.485 e. The topological polar surface area (TPSA) is 54.6 Å². The van der Waals surface area contributed by atoms with Gasteiger partial charge in [-0.1, -0.05) is 35.5 Å². The molecule has 0 N–H and O–H groups in total. The molecule has 6 nitrogen and oxygen atoms in total. The fraction of sp³-hybridized carbons (Fsp3) is 0.364. The quantitative estimate of drug-likeness (QED) is 0.653. The molecule has 2 heterocycles. The highest BCUT2D eigenvalue weighted by Crippen LogP contribution is 2.24. The highest BCUT2D eigenvalue weighted by atomic mass is 16.5. The lowest BCUT2D eigenvalue weighted by molar-refractivity contribution is 0.214. The van der Waals surface area contributed by atoms with Gasteiger partial charge in [-0.25, -0.2) is 0 Å². The van der Waals surface area contributed by atoms with Crippen LogP contribution >= 0.6 is 0 Å². The number of anilines is 1. The monoisotopic (exact) mass is 378 g/mol. The zero-order chi connectivity index (χ0) is 19.3. The maximum atomic E-state index is 5.67. The average molecular weight is 378 g/mol. The first-order valence-electron chi connectivity index (χ1n) is 9.72. The van der Waals surface area contributed by atoms with Crippen LogP contribution in [-0.2, 0) is 13.2 Å². The van der Waals surface area contributed by atoms with E-state index in [0.717, 1.165) is 31.9 Å². The van der Waals surface area contributed by atoms with E-state index in [-0.39, 0.29) is 0 Å². The Balaban J connectivity index is 1.28. The second-order valence-electron chi connectivity index (χ2n) is 7.19. The molecule has 0 radical (unpaired) electrons. The van der Waals surface area contributed by atoms with E-state index in [1.54, 1.807) is 0 Å². The molecule has 28 heavy (non-hydrogen) atoms. The summed E-state index contributed by atoms with van der Waals surface area (Å²) in [6.07, 6.45) is 0. The zero-order valence-corrected chi connectivity index (χ0v) is 16.5. The van der Waals surface area contributed by atoms with Gasteiger partial charge in [-0.3, -0.25) is 4.90 Å². The summed E-state index contributed by atoms with van der Waals surface area (Å²) in [6, 6.07) is 16.2. The number of piperazine rings is 1. The van der Waals surface area contributed by atoms with Crippen molar-refractivity contribution in [3.63, 3.8) is 0 Å². The van der Waals surface area contributed by atoms with Crippen LogP contribution in [0.5, 0.6) is 5.75 Å². The van der Waals surface area contributed by atoms with Gasteiger partial charge in [0.1, 0.15) is 5.75 Å². The van der Waals surface area contributed by atoms with Crippen LogP contribution in [0.15, 0.2) is 53.1 Å². The Labute approximate surface area is 165 Å². The molecule has 4 rings (SSSR count). The zero-order valence-electron chi connectivity index (χ0n) is 16.5. The van der Waals surface area contributed by atoms with Crippen molar-refractivity contribution in [3.05, 3.63) is 71.4 Å². The van der Waals surface area contributed by atoms with Crippen molar-refractivity contribution < 1.29 is 9.26 Å². The third-order valence-corrected chi connectivity index (χ3v) is 5.27. The summed E-state index contributed by atoms with van der Waals surface area (Å²) in [5.74, 6) is 2.02. The molecule has 1 aliphatic rings. The van der Waals surface area contributed by atoms with Crippen LogP contribution in [0.1, 0.15) is 22.8 Å². The van der Waals surface area contributed by atoms with Gasteiger partial charge in [0.2, 0.25) is 11.7 Å². The lowest BCUT2D eigenvalue weighted by atomic mass is 10.1. The third kappa shape index (κ3) is 4.34. The van der Waals surface area contributed by atoms with Gasteiger partial charge >= 0.3 is 0 Å². The first kappa shape index (κ1) is 18.5. The van der Waals surface area contributed by atoms with E-state index in [2.05, 4.69) is 52.0 Å². The van der Waals surface area contributed by atoms with E-state index < -0.39 is 0 Å². The molecule has 0 spiro atoms. The Hall–Kier alpha value is -2.86. The molecule has 1 aromatic heterocycles. The van der Waals surface area contributed by atoms with Crippen molar-refractivity contribution in [1.82, 2.24) is 15.0 Å². The van der Waals surface area contributed by atoms with Crippen LogP contribution in [-0.4, -0.2) is 41.2 Å². The first-order valence-corrected chi connectivity index (χ1v) is 9.72. The molecule has 1 saturated heterocycles. The van der Waals surface area contributed by atoms with E-state index in [0.29, 0.717) is 24.9 Å². The molecule has 0 atom stereocenters. The van der Waals surface area contributed by atoms with Gasteiger partial charge in [0.05, 0.1) is 6.54 Å². The van der Waals surface area contributed by atoms with Crippen molar-refractivity contribution in [2.45, 2.75) is 27.0 Å². The van der Waals surface area contributed by atoms with E-state index in [1.165, 1.54) is 16.8 Å². The summed E-state index contributed by atoms with van der Waals surface area (Å²) >= 11 is 0. The molecule has 0 unspecified atom stereocenters. The number of rotatable bonds is 6. The van der Waals surface area contributed by atoms with Gasteiger partial charge in [0.25, 0.3) is 0 Å². The maximum absolute atomic E-state index is 5.67. The summed E-state index contributed by atoms with van der Waals surface area (Å²) in [5.41, 5.74) is 4.06.